The van der Waals surface area contributed by atoms with E-state index in [1.54, 1.807) is 0 Å². The molecule has 1 aromatic carbocycles. The average molecular weight is 252 g/mol. The highest BCUT2D eigenvalue weighted by atomic mass is 79.9. The second-order valence-corrected chi connectivity index (χ2v) is 3.16. The van der Waals surface area contributed by atoms with Gasteiger partial charge in [0.2, 0.25) is 0 Å². The Labute approximate surface area is 91.1 Å². The normalized spacial score (nSPS) is 8.93. The molecule has 0 spiro atoms. The van der Waals surface area contributed by atoms with Crippen LogP contribution in [0.4, 0.5) is 0 Å². The molecule has 14 heavy (non-hydrogen) atoms. The van der Waals surface area contributed by atoms with E-state index in [0.29, 0.717) is 5.33 Å². The first kappa shape index (κ1) is 10.9. The van der Waals surface area contributed by atoms with Crippen LogP contribution in [0, 0.1) is 0 Å². The topological polar surface area (TPSA) is 30.0 Å². The lowest BCUT2D eigenvalue weighted by atomic mass is 10.2. The van der Waals surface area contributed by atoms with E-state index in [4.69, 9.17) is 4.79 Å². The van der Waals surface area contributed by atoms with Crippen LogP contribution < -0.4 is 0 Å². The number of pyridine rings is 1. The maximum atomic E-state index is 9.13. The van der Waals surface area contributed by atoms with Crippen molar-refractivity contribution in [2.75, 3.05) is 5.33 Å². The van der Waals surface area contributed by atoms with Crippen molar-refractivity contribution in [1.29, 1.82) is 0 Å². The van der Waals surface area contributed by atoms with E-state index in [0.717, 1.165) is 11.8 Å². The van der Waals surface area contributed by atoms with Crippen molar-refractivity contribution in [3.05, 3.63) is 42.6 Å². The van der Waals surface area contributed by atoms with Crippen molar-refractivity contribution in [2.45, 2.75) is 0 Å². The fourth-order valence-electron chi connectivity index (χ4n) is 1.02. The summed E-state index contributed by atoms with van der Waals surface area (Å²) >= 11 is 2.88. The molecule has 1 aromatic heterocycles. The summed E-state index contributed by atoms with van der Waals surface area (Å²) < 4.78 is 0. The van der Waals surface area contributed by atoms with Gasteiger partial charge in [0.1, 0.15) is 6.29 Å². The zero-order valence-electron chi connectivity index (χ0n) is 7.56. The molecule has 0 fully saturated rings. The first-order chi connectivity index (χ1) is 6.88. The molecular weight excluding hydrogens is 242 g/mol. The van der Waals surface area contributed by atoms with Crippen LogP contribution in [0.5, 0.6) is 0 Å². The molecule has 2 rings (SSSR count). The molecule has 72 valence electrons. The number of aromatic nitrogens is 1. The second-order valence-electron chi connectivity index (χ2n) is 2.52. The molecule has 2 nitrogen and oxygen atoms in total. The minimum atomic E-state index is 0.451. The van der Waals surface area contributed by atoms with Crippen molar-refractivity contribution in [1.82, 2.24) is 4.98 Å². The maximum Gasteiger partial charge on any atom is 0.130 e. The quantitative estimate of drug-likeness (QED) is 0.577. The molecular formula is C11H10BrNO. The van der Waals surface area contributed by atoms with Gasteiger partial charge in [-0.2, -0.15) is 0 Å². The molecule has 0 radical (unpaired) electrons. The summed E-state index contributed by atoms with van der Waals surface area (Å²) in [5.41, 5.74) is 1.06. The van der Waals surface area contributed by atoms with Gasteiger partial charge in [0, 0.05) is 11.6 Å². The third-order valence-corrected chi connectivity index (χ3v) is 1.84. The molecule has 0 amide bonds. The Morgan fingerprint density at radius 3 is 2.50 bits per heavy atom. The molecule has 0 saturated carbocycles. The Kier molecular flexibility index (Phi) is 4.86. The summed E-state index contributed by atoms with van der Waals surface area (Å²) in [4.78, 5) is 13.3. The highest BCUT2D eigenvalue weighted by Gasteiger charge is 1.86. The van der Waals surface area contributed by atoms with E-state index in [1.165, 1.54) is 5.39 Å². The number of hydrogen-bond acceptors (Lipinski definition) is 2. The van der Waals surface area contributed by atoms with E-state index >= 15 is 0 Å². The number of para-hydroxylation sites is 1. The fraction of sp³-hybridized carbons (Fsp3) is 0.0909. The molecule has 3 heteroatoms. The van der Waals surface area contributed by atoms with Gasteiger partial charge in [-0.1, -0.05) is 40.2 Å². The summed E-state index contributed by atoms with van der Waals surface area (Å²) in [7, 11) is 0. The summed E-state index contributed by atoms with van der Waals surface area (Å²) in [5.74, 6) is 0. The van der Waals surface area contributed by atoms with Crippen molar-refractivity contribution in [3.63, 3.8) is 0 Å². The van der Waals surface area contributed by atoms with Crippen molar-refractivity contribution in [2.24, 2.45) is 0 Å². The molecule has 0 aliphatic heterocycles. The number of aldehydes is 1. The van der Waals surface area contributed by atoms with Gasteiger partial charge < -0.3 is 4.79 Å². The van der Waals surface area contributed by atoms with Crippen LogP contribution in [0.2, 0.25) is 0 Å². The van der Waals surface area contributed by atoms with Crippen molar-refractivity contribution in [3.8, 4) is 0 Å². The van der Waals surface area contributed by atoms with Gasteiger partial charge >= 0.3 is 0 Å². The van der Waals surface area contributed by atoms with Crippen LogP contribution in [0.3, 0.4) is 0 Å². The SMILES string of the molecule is O=CCBr.c1ccc2ncccc2c1. The number of benzene rings is 1. The minimum Gasteiger partial charge on any atom is -0.302 e. The number of carbonyl (C=O) groups is 1. The highest BCUT2D eigenvalue weighted by molar-refractivity contribution is 9.09. The fourth-order valence-corrected chi connectivity index (χ4v) is 1.02. The van der Waals surface area contributed by atoms with E-state index < -0.39 is 0 Å². The van der Waals surface area contributed by atoms with E-state index in [-0.39, 0.29) is 0 Å². The van der Waals surface area contributed by atoms with E-state index in [2.05, 4.69) is 33.0 Å². The minimum absolute atomic E-state index is 0.451. The second kappa shape index (κ2) is 6.27. The summed E-state index contributed by atoms with van der Waals surface area (Å²) in [6.45, 7) is 0. The lowest BCUT2D eigenvalue weighted by Gasteiger charge is -1.91. The van der Waals surface area contributed by atoms with Gasteiger partial charge in [-0.15, -0.1) is 0 Å². The lowest BCUT2D eigenvalue weighted by Crippen LogP contribution is -1.73. The Morgan fingerprint density at radius 1 is 1.21 bits per heavy atom. The molecule has 2 aromatic rings. The predicted molar refractivity (Wildman–Crippen MR) is 61.6 cm³/mol. The largest absolute Gasteiger partial charge is 0.302 e. The molecule has 1 heterocycles. The van der Waals surface area contributed by atoms with Gasteiger partial charge in [0.15, 0.2) is 0 Å². The number of fused-ring (bicyclic) bond motifs is 1. The smallest absolute Gasteiger partial charge is 0.130 e. The standard InChI is InChI=1S/C9H7N.C2H3BrO/c1-2-6-9-8(4-1)5-3-7-10-9;3-1-2-4/h1-7H;2H,1H2. The van der Waals surface area contributed by atoms with Crippen LogP contribution in [-0.4, -0.2) is 16.6 Å². The van der Waals surface area contributed by atoms with Gasteiger partial charge in [0.25, 0.3) is 0 Å². The van der Waals surface area contributed by atoms with Gasteiger partial charge in [0.05, 0.1) is 10.8 Å². The lowest BCUT2D eigenvalue weighted by molar-refractivity contribution is -0.105. The Hall–Kier alpha value is -1.22. The van der Waals surface area contributed by atoms with Gasteiger partial charge in [-0.05, 0) is 12.1 Å². The number of nitrogens with zero attached hydrogens (tertiary/aromatic N) is 1. The molecule has 0 aliphatic rings. The molecule has 0 saturated heterocycles. The van der Waals surface area contributed by atoms with Crippen LogP contribution in [0.15, 0.2) is 42.6 Å². The third kappa shape index (κ3) is 3.26. The molecule has 0 N–H and O–H groups in total. The molecule has 0 atom stereocenters. The van der Waals surface area contributed by atoms with Gasteiger partial charge in [-0.25, -0.2) is 0 Å². The first-order valence-electron chi connectivity index (χ1n) is 4.18. The van der Waals surface area contributed by atoms with Crippen LogP contribution >= 0.6 is 15.9 Å². The van der Waals surface area contributed by atoms with Crippen LogP contribution in [-0.2, 0) is 4.79 Å². The third-order valence-electron chi connectivity index (χ3n) is 1.58. The van der Waals surface area contributed by atoms with E-state index in [1.807, 2.05) is 30.5 Å². The van der Waals surface area contributed by atoms with Gasteiger partial charge in [-0.3, -0.25) is 4.98 Å². The Morgan fingerprint density at radius 2 is 1.86 bits per heavy atom. The first-order valence-corrected chi connectivity index (χ1v) is 5.30. The molecule has 0 aliphatic carbocycles. The number of carbonyl (C=O) groups excluding carboxylic acids is 1. The molecule has 0 unspecified atom stereocenters. The number of alkyl halides is 1. The average Bonchev–Trinajstić information content (AvgIpc) is 2.30. The summed E-state index contributed by atoms with van der Waals surface area (Å²) in [5, 5.41) is 1.65. The number of halogens is 1. The zero-order chi connectivity index (χ0) is 10.2. The number of hydrogen-bond donors (Lipinski definition) is 0. The summed E-state index contributed by atoms with van der Waals surface area (Å²) in [6.07, 6.45) is 2.60. The predicted octanol–water partition coefficient (Wildman–Crippen LogP) is 2.82. The number of rotatable bonds is 1. The highest BCUT2D eigenvalue weighted by Crippen LogP contribution is 2.07. The van der Waals surface area contributed by atoms with Crippen LogP contribution in [0.1, 0.15) is 0 Å². The zero-order valence-corrected chi connectivity index (χ0v) is 9.15. The summed E-state index contributed by atoms with van der Waals surface area (Å²) in [6, 6.07) is 12.1. The van der Waals surface area contributed by atoms with E-state index in [9.17, 15) is 0 Å². The monoisotopic (exact) mass is 251 g/mol. The Bertz CT molecular complexity index is 338. The van der Waals surface area contributed by atoms with Crippen molar-refractivity contribution < 1.29 is 4.79 Å². The Balaban J connectivity index is 0.000000213. The maximum absolute atomic E-state index is 9.13. The van der Waals surface area contributed by atoms with Crippen molar-refractivity contribution >= 4 is 33.1 Å². The van der Waals surface area contributed by atoms with Crippen LogP contribution in [0.25, 0.3) is 10.9 Å². The molecule has 0 bridgehead atoms.